The summed E-state index contributed by atoms with van der Waals surface area (Å²) in [4.78, 5) is 0. The molecular weight excluding hydrogens is 250 g/mol. The minimum absolute atomic E-state index is 0.0236. The van der Waals surface area contributed by atoms with Crippen molar-refractivity contribution in [3.63, 3.8) is 0 Å². The van der Waals surface area contributed by atoms with Gasteiger partial charge in [0.25, 0.3) is 0 Å². The first-order valence-electron chi connectivity index (χ1n) is 6.27. The molecule has 0 saturated heterocycles. The van der Waals surface area contributed by atoms with Crippen LogP contribution in [-0.4, -0.2) is 17.8 Å². The number of hydrogen-bond donors (Lipinski definition) is 2. The smallest absolute Gasteiger partial charge is 0.150 e. The molecule has 0 aromatic heterocycles. The fourth-order valence-electron chi connectivity index (χ4n) is 2.62. The second-order valence-electron chi connectivity index (χ2n) is 5.33. The molecule has 1 saturated carbocycles. The molecule has 5 heteroatoms. The number of halogens is 2. The molecule has 0 unspecified atom stereocenters. The van der Waals surface area contributed by atoms with Crippen molar-refractivity contribution in [2.45, 2.75) is 32.2 Å². The van der Waals surface area contributed by atoms with Crippen LogP contribution in [0.4, 0.5) is 14.5 Å². The molecule has 0 spiro atoms. The van der Waals surface area contributed by atoms with Crippen molar-refractivity contribution in [3.05, 3.63) is 29.3 Å². The summed E-state index contributed by atoms with van der Waals surface area (Å²) in [5.74, 6) is -1.55. The molecular formula is C14H16F2N2O. The van der Waals surface area contributed by atoms with Crippen LogP contribution in [0.15, 0.2) is 12.1 Å². The minimum atomic E-state index is -0.774. The van der Waals surface area contributed by atoms with Crippen LogP contribution in [0.1, 0.15) is 31.7 Å². The van der Waals surface area contributed by atoms with Gasteiger partial charge in [-0.05, 0) is 25.0 Å². The average Bonchev–Trinajstić information content (AvgIpc) is 2.75. The van der Waals surface area contributed by atoms with Gasteiger partial charge in [-0.25, -0.2) is 8.78 Å². The minimum Gasteiger partial charge on any atom is -0.396 e. The first-order valence-corrected chi connectivity index (χ1v) is 6.27. The standard InChI is InChI=1S/C14H16F2N2O/c1-14(8-19)4-2-3-12(14)18-13-10(15)5-9(7-17)6-11(13)16/h5-6,12,18-19H,2-4,8H2,1H3/t12-,14+/m1/s1. The van der Waals surface area contributed by atoms with Crippen LogP contribution in [0.25, 0.3) is 0 Å². The molecule has 19 heavy (non-hydrogen) atoms. The number of anilines is 1. The lowest BCUT2D eigenvalue weighted by atomic mass is 9.85. The monoisotopic (exact) mass is 266 g/mol. The summed E-state index contributed by atoms with van der Waals surface area (Å²) in [6.45, 7) is 1.88. The number of aliphatic hydroxyl groups excluding tert-OH is 1. The normalized spacial score (nSPS) is 26.2. The molecule has 0 aliphatic heterocycles. The first-order chi connectivity index (χ1) is 9.00. The van der Waals surface area contributed by atoms with Gasteiger partial charge in [0.05, 0.1) is 18.2 Å². The second-order valence-corrected chi connectivity index (χ2v) is 5.33. The predicted molar refractivity (Wildman–Crippen MR) is 67.5 cm³/mol. The fourth-order valence-corrected chi connectivity index (χ4v) is 2.62. The van der Waals surface area contributed by atoms with Crippen LogP contribution >= 0.6 is 0 Å². The highest BCUT2D eigenvalue weighted by molar-refractivity contribution is 5.51. The van der Waals surface area contributed by atoms with Gasteiger partial charge in [-0.2, -0.15) is 5.26 Å². The second kappa shape index (κ2) is 5.14. The Morgan fingerprint density at radius 2 is 2.11 bits per heavy atom. The molecule has 2 atom stereocenters. The molecule has 2 rings (SSSR count). The molecule has 1 aliphatic rings. The summed E-state index contributed by atoms with van der Waals surface area (Å²) < 4.78 is 27.6. The molecule has 1 aromatic carbocycles. The molecule has 102 valence electrons. The molecule has 0 bridgehead atoms. The maximum atomic E-state index is 13.8. The zero-order valence-electron chi connectivity index (χ0n) is 10.7. The number of nitrogens with zero attached hydrogens (tertiary/aromatic N) is 1. The zero-order chi connectivity index (χ0) is 14.0. The molecule has 1 aromatic rings. The molecule has 2 N–H and O–H groups in total. The third-order valence-corrected chi connectivity index (χ3v) is 3.93. The van der Waals surface area contributed by atoms with Crippen LogP contribution in [0, 0.1) is 28.4 Å². The van der Waals surface area contributed by atoms with E-state index >= 15 is 0 Å². The van der Waals surface area contributed by atoms with Gasteiger partial charge in [0.1, 0.15) is 5.69 Å². The fraction of sp³-hybridized carbons (Fsp3) is 0.500. The highest BCUT2D eigenvalue weighted by Gasteiger charge is 2.38. The van der Waals surface area contributed by atoms with Gasteiger partial charge in [0, 0.05) is 11.5 Å². The lowest BCUT2D eigenvalue weighted by Crippen LogP contribution is -2.37. The van der Waals surface area contributed by atoms with E-state index in [0.717, 1.165) is 31.4 Å². The highest BCUT2D eigenvalue weighted by atomic mass is 19.1. The van der Waals surface area contributed by atoms with E-state index < -0.39 is 11.6 Å². The molecule has 3 nitrogen and oxygen atoms in total. The summed E-state index contributed by atoms with van der Waals surface area (Å²) >= 11 is 0. The van der Waals surface area contributed by atoms with Gasteiger partial charge in [-0.15, -0.1) is 0 Å². The Balaban J connectivity index is 2.27. The van der Waals surface area contributed by atoms with Gasteiger partial charge in [-0.3, -0.25) is 0 Å². The van der Waals surface area contributed by atoms with Gasteiger partial charge in [-0.1, -0.05) is 13.3 Å². The molecule has 1 aliphatic carbocycles. The van der Waals surface area contributed by atoms with E-state index in [2.05, 4.69) is 5.32 Å². The first kappa shape index (κ1) is 13.8. The van der Waals surface area contributed by atoms with E-state index in [1.165, 1.54) is 0 Å². The Labute approximate surface area is 110 Å². The summed E-state index contributed by atoms with van der Waals surface area (Å²) in [5, 5.41) is 20.9. The highest BCUT2D eigenvalue weighted by Crippen LogP contribution is 2.39. The third-order valence-electron chi connectivity index (χ3n) is 3.93. The maximum absolute atomic E-state index is 13.8. The maximum Gasteiger partial charge on any atom is 0.150 e. The van der Waals surface area contributed by atoms with Crippen molar-refractivity contribution >= 4 is 5.69 Å². The largest absolute Gasteiger partial charge is 0.396 e. The third kappa shape index (κ3) is 2.54. The van der Waals surface area contributed by atoms with Crippen molar-refractivity contribution in [2.75, 3.05) is 11.9 Å². The number of aliphatic hydroxyl groups is 1. The summed E-state index contributed by atoms with van der Waals surface area (Å²) in [5.41, 5.74) is -0.630. The topological polar surface area (TPSA) is 56.0 Å². The van der Waals surface area contributed by atoms with E-state index in [0.29, 0.717) is 0 Å². The Bertz CT molecular complexity index is 504. The predicted octanol–water partition coefficient (Wildman–Crippen LogP) is 2.80. The van der Waals surface area contributed by atoms with Gasteiger partial charge < -0.3 is 10.4 Å². The Hall–Kier alpha value is -1.67. The van der Waals surface area contributed by atoms with E-state index in [4.69, 9.17) is 5.26 Å². The van der Waals surface area contributed by atoms with Crippen LogP contribution < -0.4 is 5.32 Å². The van der Waals surface area contributed by atoms with Crippen molar-refractivity contribution in [1.82, 2.24) is 0 Å². The molecule has 0 amide bonds. The Morgan fingerprint density at radius 1 is 1.47 bits per heavy atom. The average molecular weight is 266 g/mol. The van der Waals surface area contributed by atoms with Crippen molar-refractivity contribution in [2.24, 2.45) is 5.41 Å². The van der Waals surface area contributed by atoms with E-state index in [1.807, 2.05) is 6.92 Å². The molecule has 1 fully saturated rings. The number of nitriles is 1. The number of nitrogens with one attached hydrogen (secondary N) is 1. The van der Waals surface area contributed by atoms with Gasteiger partial charge in [0.2, 0.25) is 0 Å². The quantitative estimate of drug-likeness (QED) is 0.884. The van der Waals surface area contributed by atoms with Crippen LogP contribution in [0.3, 0.4) is 0 Å². The zero-order valence-corrected chi connectivity index (χ0v) is 10.7. The van der Waals surface area contributed by atoms with Crippen LogP contribution in [-0.2, 0) is 0 Å². The van der Waals surface area contributed by atoms with Crippen molar-refractivity contribution in [3.8, 4) is 6.07 Å². The van der Waals surface area contributed by atoms with Crippen LogP contribution in [0.5, 0.6) is 0 Å². The van der Waals surface area contributed by atoms with Crippen LogP contribution in [0.2, 0.25) is 0 Å². The van der Waals surface area contributed by atoms with E-state index in [1.54, 1.807) is 6.07 Å². The molecule has 0 heterocycles. The summed E-state index contributed by atoms with van der Waals surface area (Å²) in [6, 6.07) is 3.56. The van der Waals surface area contributed by atoms with Gasteiger partial charge >= 0.3 is 0 Å². The number of rotatable bonds is 3. The SMILES string of the molecule is C[C@@]1(CO)CCC[C@H]1Nc1c(F)cc(C#N)cc1F. The number of hydrogen-bond acceptors (Lipinski definition) is 3. The summed E-state index contributed by atoms with van der Waals surface area (Å²) in [7, 11) is 0. The number of benzene rings is 1. The summed E-state index contributed by atoms with van der Waals surface area (Å²) in [6.07, 6.45) is 2.49. The van der Waals surface area contributed by atoms with E-state index in [9.17, 15) is 13.9 Å². The Kier molecular flexibility index (Phi) is 3.72. The lowest BCUT2D eigenvalue weighted by Gasteiger charge is -2.31. The van der Waals surface area contributed by atoms with Crippen molar-refractivity contribution < 1.29 is 13.9 Å². The Morgan fingerprint density at radius 3 is 2.63 bits per heavy atom. The lowest BCUT2D eigenvalue weighted by molar-refractivity contribution is 0.138. The van der Waals surface area contributed by atoms with Crippen molar-refractivity contribution in [1.29, 1.82) is 5.26 Å². The molecule has 0 radical (unpaired) electrons. The van der Waals surface area contributed by atoms with Gasteiger partial charge in [0.15, 0.2) is 11.6 Å². The van der Waals surface area contributed by atoms with E-state index in [-0.39, 0.29) is 29.3 Å².